The molecule has 0 spiro atoms. The molecule has 0 aromatic heterocycles. The van der Waals surface area contributed by atoms with Gasteiger partial charge in [0, 0.05) is 38.8 Å². The summed E-state index contributed by atoms with van der Waals surface area (Å²) in [6.07, 6.45) is 3.43. The number of nitrogens with one attached hydrogen (secondary N) is 1. The number of benzene rings is 1. The van der Waals surface area contributed by atoms with Crippen LogP contribution in [-0.4, -0.2) is 62.7 Å². The van der Waals surface area contributed by atoms with Gasteiger partial charge < -0.3 is 10.2 Å². The second-order valence-corrected chi connectivity index (χ2v) is 10.5. The second kappa shape index (κ2) is 9.92. The molecule has 2 amide bonds. The fourth-order valence-electron chi connectivity index (χ4n) is 3.72. The first-order valence-electron chi connectivity index (χ1n) is 10.6. The molecule has 1 aliphatic rings. The molecule has 0 unspecified atom stereocenters. The zero-order valence-corrected chi connectivity index (χ0v) is 19.8. The summed E-state index contributed by atoms with van der Waals surface area (Å²) in [4.78, 5) is 27.7. The highest BCUT2D eigenvalue weighted by Gasteiger charge is 2.34. The van der Waals surface area contributed by atoms with E-state index in [0.717, 1.165) is 35.6 Å². The van der Waals surface area contributed by atoms with Crippen LogP contribution >= 0.6 is 0 Å². The standard InChI is InChI=1S/C22H35N3O4S/c1-7-8-11-23-21(26)18-10-9-16(3)25(14-18)22(27)19-12-15(2)17(4)20(13-19)30(28,29)24(5)6/h12-13,16,18H,7-11,14H2,1-6H3,(H,23,26)/t16-,18-/m0/s1. The molecular formula is C22H35N3O4S. The summed E-state index contributed by atoms with van der Waals surface area (Å²) in [5.41, 5.74) is 1.73. The minimum atomic E-state index is -3.67. The van der Waals surface area contributed by atoms with E-state index in [-0.39, 0.29) is 28.7 Å². The van der Waals surface area contributed by atoms with Gasteiger partial charge in [0.2, 0.25) is 15.9 Å². The van der Waals surface area contributed by atoms with E-state index in [1.54, 1.807) is 17.9 Å². The molecule has 0 aliphatic carbocycles. The lowest BCUT2D eigenvalue weighted by Crippen LogP contribution is -2.49. The van der Waals surface area contributed by atoms with E-state index >= 15 is 0 Å². The average molecular weight is 438 g/mol. The van der Waals surface area contributed by atoms with Crippen LogP contribution in [0.15, 0.2) is 17.0 Å². The van der Waals surface area contributed by atoms with Gasteiger partial charge in [-0.25, -0.2) is 12.7 Å². The average Bonchev–Trinajstić information content (AvgIpc) is 2.69. The van der Waals surface area contributed by atoms with Crippen molar-refractivity contribution in [2.45, 2.75) is 64.3 Å². The predicted molar refractivity (Wildman–Crippen MR) is 118 cm³/mol. The van der Waals surface area contributed by atoms with Gasteiger partial charge in [0.15, 0.2) is 0 Å². The smallest absolute Gasteiger partial charge is 0.254 e. The van der Waals surface area contributed by atoms with Crippen LogP contribution in [0, 0.1) is 19.8 Å². The summed E-state index contributed by atoms with van der Waals surface area (Å²) in [6, 6.07) is 3.20. The highest BCUT2D eigenvalue weighted by Crippen LogP contribution is 2.27. The van der Waals surface area contributed by atoms with Crippen LogP contribution in [-0.2, 0) is 14.8 Å². The van der Waals surface area contributed by atoms with E-state index in [4.69, 9.17) is 0 Å². The van der Waals surface area contributed by atoms with Crippen LogP contribution in [0.25, 0.3) is 0 Å². The fraction of sp³-hybridized carbons (Fsp3) is 0.636. The Labute approximate surface area is 180 Å². The molecule has 2 atom stereocenters. The molecule has 8 heteroatoms. The number of carbonyl (C=O) groups is 2. The predicted octanol–water partition coefficient (Wildman–Crippen LogP) is 2.71. The maximum Gasteiger partial charge on any atom is 0.254 e. The highest BCUT2D eigenvalue weighted by atomic mass is 32.2. The van der Waals surface area contributed by atoms with Crippen molar-refractivity contribution in [1.82, 2.24) is 14.5 Å². The molecule has 1 saturated heterocycles. The Morgan fingerprint density at radius 1 is 1.20 bits per heavy atom. The minimum Gasteiger partial charge on any atom is -0.356 e. The Morgan fingerprint density at radius 3 is 2.47 bits per heavy atom. The number of nitrogens with zero attached hydrogens (tertiary/aromatic N) is 2. The fourth-order valence-corrected chi connectivity index (χ4v) is 4.93. The van der Waals surface area contributed by atoms with Crippen LogP contribution in [0.4, 0.5) is 0 Å². The Kier molecular flexibility index (Phi) is 8.05. The number of piperidine rings is 1. The van der Waals surface area contributed by atoms with Crippen molar-refractivity contribution in [3.63, 3.8) is 0 Å². The molecule has 0 saturated carbocycles. The molecule has 0 radical (unpaired) electrons. The number of amides is 2. The molecule has 1 heterocycles. The van der Waals surface area contributed by atoms with Crippen molar-refractivity contribution < 1.29 is 18.0 Å². The zero-order valence-electron chi connectivity index (χ0n) is 19.0. The van der Waals surface area contributed by atoms with E-state index in [1.165, 1.54) is 20.2 Å². The van der Waals surface area contributed by atoms with E-state index in [0.29, 0.717) is 24.2 Å². The molecule has 7 nitrogen and oxygen atoms in total. The van der Waals surface area contributed by atoms with Gasteiger partial charge in [0.1, 0.15) is 0 Å². The summed E-state index contributed by atoms with van der Waals surface area (Å²) in [6.45, 7) is 8.61. The van der Waals surface area contributed by atoms with Gasteiger partial charge in [0.05, 0.1) is 10.8 Å². The monoisotopic (exact) mass is 437 g/mol. The molecule has 30 heavy (non-hydrogen) atoms. The van der Waals surface area contributed by atoms with Crippen molar-refractivity contribution >= 4 is 21.8 Å². The second-order valence-electron chi connectivity index (χ2n) is 8.43. The lowest BCUT2D eigenvalue weighted by Gasteiger charge is -2.37. The van der Waals surface area contributed by atoms with Crippen LogP contribution in [0.3, 0.4) is 0 Å². The number of hydrogen-bond donors (Lipinski definition) is 1. The van der Waals surface area contributed by atoms with E-state index in [9.17, 15) is 18.0 Å². The summed E-state index contributed by atoms with van der Waals surface area (Å²) in [5, 5.41) is 2.96. The van der Waals surface area contributed by atoms with Gasteiger partial charge in [-0.3, -0.25) is 9.59 Å². The van der Waals surface area contributed by atoms with Crippen LogP contribution in [0.1, 0.15) is 61.0 Å². The first-order chi connectivity index (χ1) is 14.0. The molecule has 1 N–H and O–H groups in total. The number of likely N-dealkylation sites (tertiary alicyclic amines) is 1. The third kappa shape index (κ3) is 5.21. The number of hydrogen-bond acceptors (Lipinski definition) is 4. The number of unbranched alkanes of at least 4 members (excludes halogenated alkanes) is 1. The van der Waals surface area contributed by atoms with E-state index in [2.05, 4.69) is 12.2 Å². The van der Waals surface area contributed by atoms with E-state index in [1.807, 2.05) is 13.8 Å². The first kappa shape index (κ1) is 24.3. The first-order valence-corrected chi connectivity index (χ1v) is 12.1. The van der Waals surface area contributed by atoms with Crippen molar-refractivity contribution in [3.05, 3.63) is 28.8 Å². The lowest BCUT2D eigenvalue weighted by atomic mass is 9.91. The number of rotatable bonds is 7. The molecule has 1 aromatic carbocycles. The van der Waals surface area contributed by atoms with Crippen LogP contribution in [0.5, 0.6) is 0 Å². The highest BCUT2D eigenvalue weighted by molar-refractivity contribution is 7.89. The molecule has 1 aliphatic heterocycles. The van der Waals surface area contributed by atoms with Gasteiger partial charge in [-0.1, -0.05) is 13.3 Å². The quantitative estimate of drug-likeness (QED) is 0.665. The molecule has 1 aromatic rings. The van der Waals surface area contributed by atoms with Gasteiger partial charge in [-0.05, 0) is 63.3 Å². The van der Waals surface area contributed by atoms with Gasteiger partial charge >= 0.3 is 0 Å². The summed E-state index contributed by atoms with van der Waals surface area (Å²) < 4.78 is 26.6. The molecule has 0 bridgehead atoms. The normalized spacial score (nSPS) is 19.8. The summed E-state index contributed by atoms with van der Waals surface area (Å²) >= 11 is 0. The maximum atomic E-state index is 13.3. The van der Waals surface area contributed by atoms with Crippen molar-refractivity contribution in [2.24, 2.45) is 5.92 Å². The Bertz CT molecular complexity index is 896. The van der Waals surface area contributed by atoms with Gasteiger partial charge in [-0.2, -0.15) is 0 Å². The molecule has 1 fully saturated rings. The number of carbonyl (C=O) groups excluding carboxylic acids is 2. The zero-order chi connectivity index (χ0) is 22.6. The summed E-state index contributed by atoms with van der Waals surface area (Å²) in [7, 11) is -0.710. The molecular weight excluding hydrogens is 402 g/mol. The third-order valence-corrected chi connectivity index (χ3v) is 7.91. The lowest BCUT2D eigenvalue weighted by molar-refractivity contribution is -0.126. The molecule has 168 valence electrons. The minimum absolute atomic E-state index is 0.00675. The number of aryl methyl sites for hydroxylation is 1. The van der Waals surface area contributed by atoms with Gasteiger partial charge in [-0.15, -0.1) is 0 Å². The molecule has 2 rings (SSSR count). The Balaban J connectivity index is 2.30. The van der Waals surface area contributed by atoms with E-state index < -0.39 is 10.0 Å². The van der Waals surface area contributed by atoms with Crippen LogP contribution in [0.2, 0.25) is 0 Å². The third-order valence-electron chi connectivity index (χ3n) is 5.97. The van der Waals surface area contributed by atoms with Crippen LogP contribution < -0.4 is 5.32 Å². The topological polar surface area (TPSA) is 86.8 Å². The maximum absolute atomic E-state index is 13.3. The SMILES string of the molecule is CCCCNC(=O)[C@H]1CC[C@H](C)N(C(=O)c2cc(C)c(C)c(S(=O)(=O)N(C)C)c2)C1. The van der Waals surface area contributed by atoms with Crippen molar-refractivity contribution in [2.75, 3.05) is 27.2 Å². The largest absolute Gasteiger partial charge is 0.356 e. The van der Waals surface area contributed by atoms with Crippen molar-refractivity contribution in [1.29, 1.82) is 0 Å². The number of sulfonamides is 1. The summed E-state index contributed by atoms with van der Waals surface area (Å²) in [5.74, 6) is -0.477. The Hall–Kier alpha value is -1.93. The Morgan fingerprint density at radius 2 is 1.87 bits per heavy atom. The van der Waals surface area contributed by atoms with Gasteiger partial charge in [0.25, 0.3) is 5.91 Å². The van der Waals surface area contributed by atoms with Crippen molar-refractivity contribution in [3.8, 4) is 0 Å².